The second kappa shape index (κ2) is 7.06. The fraction of sp³-hybridized carbons (Fsp3) is 0.0556. The van der Waals surface area contributed by atoms with Crippen molar-refractivity contribution in [2.45, 2.75) is 0 Å². The molecule has 1 heterocycles. The highest BCUT2D eigenvalue weighted by Gasteiger charge is 2.10. The first kappa shape index (κ1) is 15.9. The van der Waals surface area contributed by atoms with Crippen molar-refractivity contribution in [2.75, 3.05) is 12.4 Å². The fourth-order valence-electron chi connectivity index (χ4n) is 2.31. The Hall–Kier alpha value is -2.99. The van der Waals surface area contributed by atoms with Crippen LogP contribution in [0.25, 0.3) is 10.9 Å². The van der Waals surface area contributed by atoms with E-state index in [0.717, 1.165) is 16.6 Å². The second-order valence-corrected chi connectivity index (χ2v) is 5.42. The van der Waals surface area contributed by atoms with Crippen molar-refractivity contribution in [1.29, 1.82) is 0 Å². The highest BCUT2D eigenvalue weighted by atomic mass is 32.1. The average molecular weight is 337 g/mol. The van der Waals surface area contributed by atoms with Gasteiger partial charge in [-0.05, 0) is 54.7 Å². The van der Waals surface area contributed by atoms with Gasteiger partial charge in [-0.25, -0.2) is 0 Å². The molecule has 0 bridgehead atoms. The number of nitrogens with zero attached hydrogens (tertiary/aromatic N) is 1. The molecule has 0 unspecified atom stereocenters. The quantitative estimate of drug-likeness (QED) is 0.718. The number of rotatable bonds is 3. The molecule has 0 aliphatic rings. The normalized spacial score (nSPS) is 10.2. The molecule has 2 aromatic carbocycles. The fourth-order valence-corrected chi connectivity index (χ4v) is 2.51. The van der Waals surface area contributed by atoms with Gasteiger partial charge in [0.2, 0.25) is 0 Å². The number of nitrogens with one attached hydrogen (secondary N) is 2. The molecule has 3 rings (SSSR count). The van der Waals surface area contributed by atoms with Gasteiger partial charge in [0.05, 0.1) is 12.6 Å². The van der Waals surface area contributed by atoms with Crippen LogP contribution < -0.4 is 15.4 Å². The van der Waals surface area contributed by atoms with E-state index in [9.17, 15) is 4.79 Å². The van der Waals surface area contributed by atoms with Gasteiger partial charge >= 0.3 is 0 Å². The van der Waals surface area contributed by atoms with Crippen molar-refractivity contribution in [2.24, 2.45) is 0 Å². The summed E-state index contributed by atoms with van der Waals surface area (Å²) in [4.78, 5) is 16.6. The smallest absolute Gasteiger partial charge is 0.257 e. The maximum absolute atomic E-state index is 12.3. The number of anilines is 1. The molecule has 24 heavy (non-hydrogen) atoms. The molecule has 1 amide bonds. The third kappa shape index (κ3) is 3.49. The predicted molar refractivity (Wildman–Crippen MR) is 98.4 cm³/mol. The maximum Gasteiger partial charge on any atom is 0.257 e. The topological polar surface area (TPSA) is 63.2 Å². The second-order valence-electron chi connectivity index (χ2n) is 5.02. The van der Waals surface area contributed by atoms with E-state index in [1.54, 1.807) is 37.6 Å². The number of amides is 1. The number of benzene rings is 2. The number of fused-ring (bicyclic) bond motifs is 1. The van der Waals surface area contributed by atoms with E-state index >= 15 is 0 Å². The molecule has 0 aliphatic carbocycles. The summed E-state index contributed by atoms with van der Waals surface area (Å²) >= 11 is 5.24. The van der Waals surface area contributed by atoms with Gasteiger partial charge < -0.3 is 10.1 Å². The van der Waals surface area contributed by atoms with Gasteiger partial charge in [-0.15, -0.1) is 0 Å². The Bertz CT molecular complexity index is 906. The molecule has 0 saturated heterocycles. The van der Waals surface area contributed by atoms with Crippen LogP contribution in [0.3, 0.4) is 0 Å². The number of aromatic nitrogens is 1. The largest absolute Gasteiger partial charge is 0.497 e. The van der Waals surface area contributed by atoms with Crippen molar-refractivity contribution >= 4 is 39.8 Å². The Morgan fingerprint density at radius 1 is 1.12 bits per heavy atom. The van der Waals surface area contributed by atoms with E-state index in [1.807, 2.05) is 30.3 Å². The number of thiocarbonyl (C=S) groups is 1. The highest BCUT2D eigenvalue weighted by Crippen LogP contribution is 2.21. The van der Waals surface area contributed by atoms with Crippen LogP contribution in [-0.4, -0.2) is 23.1 Å². The minimum Gasteiger partial charge on any atom is -0.497 e. The number of pyridine rings is 1. The number of carbonyl (C=O) groups excluding carboxylic acids is 1. The van der Waals surface area contributed by atoms with Crippen molar-refractivity contribution in [3.63, 3.8) is 0 Å². The molecule has 0 fully saturated rings. The zero-order valence-corrected chi connectivity index (χ0v) is 13.8. The zero-order valence-electron chi connectivity index (χ0n) is 12.9. The lowest BCUT2D eigenvalue weighted by molar-refractivity contribution is 0.0977. The maximum atomic E-state index is 12.3. The number of methoxy groups -OCH3 is 1. The summed E-state index contributed by atoms with van der Waals surface area (Å²) < 4.78 is 5.12. The Balaban J connectivity index is 1.74. The van der Waals surface area contributed by atoms with E-state index in [4.69, 9.17) is 17.0 Å². The Labute approximate surface area is 144 Å². The summed E-state index contributed by atoms with van der Waals surface area (Å²) in [5, 5.41) is 6.86. The number of hydrogen-bond donors (Lipinski definition) is 2. The van der Waals surface area contributed by atoms with E-state index in [0.29, 0.717) is 11.3 Å². The van der Waals surface area contributed by atoms with Crippen molar-refractivity contribution in [3.05, 3.63) is 66.4 Å². The van der Waals surface area contributed by atoms with E-state index < -0.39 is 0 Å². The summed E-state index contributed by atoms with van der Waals surface area (Å²) in [7, 11) is 1.55. The summed E-state index contributed by atoms with van der Waals surface area (Å²) in [6.45, 7) is 0. The minimum atomic E-state index is -0.301. The Kier molecular flexibility index (Phi) is 4.67. The molecule has 0 saturated carbocycles. The molecular formula is C18H15N3O2S. The lowest BCUT2D eigenvalue weighted by Crippen LogP contribution is -2.34. The first-order chi connectivity index (χ1) is 11.7. The number of ether oxygens (including phenoxy) is 1. The Morgan fingerprint density at radius 3 is 2.79 bits per heavy atom. The first-order valence-electron chi connectivity index (χ1n) is 7.27. The van der Waals surface area contributed by atoms with E-state index in [1.165, 1.54) is 0 Å². The molecule has 0 spiro atoms. The van der Waals surface area contributed by atoms with Gasteiger partial charge in [0, 0.05) is 22.8 Å². The molecule has 6 heteroatoms. The van der Waals surface area contributed by atoms with Crippen LogP contribution >= 0.6 is 12.2 Å². The molecule has 5 nitrogen and oxygen atoms in total. The average Bonchev–Trinajstić information content (AvgIpc) is 2.62. The zero-order chi connectivity index (χ0) is 16.9. The van der Waals surface area contributed by atoms with Gasteiger partial charge in [-0.2, -0.15) is 0 Å². The van der Waals surface area contributed by atoms with Crippen molar-refractivity contribution in [1.82, 2.24) is 10.3 Å². The monoisotopic (exact) mass is 337 g/mol. The van der Waals surface area contributed by atoms with Crippen molar-refractivity contribution in [3.8, 4) is 5.75 Å². The third-order valence-corrected chi connectivity index (χ3v) is 3.66. The van der Waals surface area contributed by atoms with Crippen LogP contribution in [0.15, 0.2) is 60.8 Å². The van der Waals surface area contributed by atoms with Crippen LogP contribution in [0.2, 0.25) is 0 Å². The Morgan fingerprint density at radius 2 is 1.96 bits per heavy atom. The number of hydrogen-bond acceptors (Lipinski definition) is 4. The SMILES string of the molecule is COc1cccc(C(=O)NC(=S)Nc2cccc3ncccc23)c1. The van der Waals surface area contributed by atoms with Gasteiger partial charge in [0.1, 0.15) is 5.75 Å². The third-order valence-electron chi connectivity index (χ3n) is 3.45. The van der Waals surface area contributed by atoms with Gasteiger partial charge in [0.25, 0.3) is 5.91 Å². The summed E-state index contributed by atoms with van der Waals surface area (Å²) in [6, 6.07) is 16.3. The van der Waals surface area contributed by atoms with E-state index in [-0.39, 0.29) is 11.0 Å². The minimum absolute atomic E-state index is 0.221. The van der Waals surface area contributed by atoms with Crippen LogP contribution in [0.5, 0.6) is 5.75 Å². The molecule has 120 valence electrons. The van der Waals surface area contributed by atoms with Gasteiger partial charge in [-0.3, -0.25) is 15.1 Å². The van der Waals surface area contributed by atoms with Crippen LogP contribution in [-0.2, 0) is 0 Å². The molecule has 2 N–H and O–H groups in total. The lowest BCUT2D eigenvalue weighted by atomic mass is 10.2. The van der Waals surface area contributed by atoms with Crippen LogP contribution in [0.1, 0.15) is 10.4 Å². The lowest BCUT2D eigenvalue weighted by Gasteiger charge is -2.12. The molecule has 1 aromatic heterocycles. The first-order valence-corrected chi connectivity index (χ1v) is 7.68. The molecule has 0 atom stereocenters. The highest BCUT2D eigenvalue weighted by molar-refractivity contribution is 7.80. The summed E-state index contributed by atoms with van der Waals surface area (Å²) in [5.74, 6) is 0.311. The predicted octanol–water partition coefficient (Wildman–Crippen LogP) is 3.37. The summed E-state index contributed by atoms with van der Waals surface area (Å²) in [5.41, 5.74) is 2.11. The van der Waals surface area contributed by atoms with Gasteiger partial charge in [0.15, 0.2) is 5.11 Å². The molecule has 3 aromatic rings. The van der Waals surface area contributed by atoms with Crippen LogP contribution in [0, 0.1) is 0 Å². The van der Waals surface area contributed by atoms with Gasteiger partial charge in [-0.1, -0.05) is 12.1 Å². The standard InChI is InChI=1S/C18H15N3O2S/c1-23-13-6-2-5-12(11-13)17(22)21-18(24)20-16-9-3-8-15-14(16)7-4-10-19-15/h2-11H,1H3,(H2,20,21,22,24). The molecular weight excluding hydrogens is 322 g/mol. The van der Waals surface area contributed by atoms with Crippen LogP contribution in [0.4, 0.5) is 5.69 Å². The summed E-state index contributed by atoms with van der Waals surface area (Å²) in [6.07, 6.45) is 1.73. The molecule has 0 aliphatic heterocycles. The molecule has 0 radical (unpaired) electrons. The van der Waals surface area contributed by atoms with E-state index in [2.05, 4.69) is 15.6 Å². The number of carbonyl (C=O) groups is 1. The van der Waals surface area contributed by atoms with Crippen molar-refractivity contribution < 1.29 is 9.53 Å².